The normalized spacial score (nSPS) is 24.7. The summed E-state index contributed by atoms with van der Waals surface area (Å²) in [5.74, 6) is 0.738. The Labute approximate surface area is 169 Å². The number of nitriles is 2. The number of allylic oxidation sites excluding steroid dienone is 5. The fourth-order valence-corrected chi connectivity index (χ4v) is 4.50. The van der Waals surface area contributed by atoms with Crippen LogP contribution in [-0.4, -0.2) is 17.5 Å². The van der Waals surface area contributed by atoms with E-state index in [1.807, 2.05) is 18.2 Å². The van der Waals surface area contributed by atoms with Crippen molar-refractivity contribution in [2.24, 2.45) is 5.92 Å². The van der Waals surface area contributed by atoms with Gasteiger partial charge in [0.05, 0.1) is 0 Å². The molecule has 1 aliphatic heterocycles. The van der Waals surface area contributed by atoms with E-state index >= 15 is 0 Å². The maximum absolute atomic E-state index is 9.05. The Bertz CT molecular complexity index is 804. The Morgan fingerprint density at radius 1 is 1.11 bits per heavy atom. The van der Waals surface area contributed by atoms with Crippen LogP contribution < -0.4 is 0 Å². The maximum atomic E-state index is 9.05. The van der Waals surface area contributed by atoms with Crippen molar-refractivity contribution in [3.05, 3.63) is 71.5 Å². The van der Waals surface area contributed by atoms with Crippen molar-refractivity contribution in [2.45, 2.75) is 57.4 Å². The van der Waals surface area contributed by atoms with Gasteiger partial charge in [0.25, 0.3) is 0 Å². The average molecular weight is 372 g/mol. The largest absolute Gasteiger partial charge is 0.375 e. The minimum Gasteiger partial charge on any atom is -0.375 e. The van der Waals surface area contributed by atoms with Crippen LogP contribution in [0, 0.1) is 28.6 Å². The highest BCUT2D eigenvalue weighted by atomic mass is 15.1. The maximum Gasteiger partial charge on any atom is 0.129 e. The number of hydrogen-bond acceptors (Lipinski definition) is 3. The minimum atomic E-state index is 0.175. The van der Waals surface area contributed by atoms with Crippen molar-refractivity contribution < 1.29 is 0 Å². The molecule has 0 amide bonds. The highest BCUT2D eigenvalue weighted by Gasteiger charge is 2.27. The van der Waals surface area contributed by atoms with Crippen LogP contribution in [0.4, 0.5) is 0 Å². The van der Waals surface area contributed by atoms with E-state index in [1.165, 1.54) is 36.8 Å². The molecule has 2 fully saturated rings. The lowest BCUT2D eigenvalue weighted by atomic mass is 9.73. The first-order chi connectivity index (χ1) is 13.7. The summed E-state index contributed by atoms with van der Waals surface area (Å²) in [5.41, 5.74) is 2.88. The number of rotatable bonds is 5. The lowest BCUT2D eigenvalue weighted by Gasteiger charge is -2.32. The standard InChI is InChI=1S/C25H29N3/c1-20-8-7-16-28(20)17-15-25(22-9-3-2-4-10-22)24-12-6-5-11-23(24)14-13-21(18-26)19-27/h2-4,9-10,13-15,17,20,24-25H,5-8,11-12,16H2,1H3/b17-15+,23-14-/t20-,24-,25+/m1/s1. The third kappa shape index (κ3) is 4.93. The first kappa shape index (κ1) is 20.0. The van der Waals surface area contributed by atoms with Gasteiger partial charge in [0.15, 0.2) is 0 Å². The molecule has 3 heteroatoms. The molecule has 144 valence electrons. The lowest BCUT2D eigenvalue weighted by Crippen LogP contribution is -2.22. The molecule has 0 bridgehead atoms. The van der Waals surface area contributed by atoms with Crippen molar-refractivity contribution in [3.8, 4) is 12.1 Å². The van der Waals surface area contributed by atoms with Crippen molar-refractivity contribution in [1.29, 1.82) is 10.5 Å². The van der Waals surface area contributed by atoms with E-state index in [-0.39, 0.29) is 5.57 Å². The summed E-state index contributed by atoms with van der Waals surface area (Å²) in [4.78, 5) is 2.46. The first-order valence-electron chi connectivity index (χ1n) is 10.4. The fourth-order valence-electron chi connectivity index (χ4n) is 4.50. The SMILES string of the molecule is C[C@@H]1CCCN1/C=C/[C@@H](c1ccccc1)[C@@H]1CCCC/C1=C/C=C(C#N)C#N. The molecule has 0 spiro atoms. The second-order valence-electron chi connectivity index (χ2n) is 7.90. The second kappa shape index (κ2) is 9.95. The van der Waals surface area contributed by atoms with Gasteiger partial charge in [-0.3, -0.25) is 0 Å². The molecular formula is C25H29N3. The zero-order valence-corrected chi connectivity index (χ0v) is 16.7. The van der Waals surface area contributed by atoms with E-state index < -0.39 is 0 Å². The van der Waals surface area contributed by atoms with E-state index in [2.05, 4.69) is 54.4 Å². The van der Waals surface area contributed by atoms with Crippen LogP contribution >= 0.6 is 0 Å². The molecule has 1 heterocycles. The van der Waals surface area contributed by atoms with Gasteiger partial charge in [-0.25, -0.2) is 0 Å². The summed E-state index contributed by atoms with van der Waals surface area (Å²) < 4.78 is 0. The predicted molar refractivity (Wildman–Crippen MR) is 113 cm³/mol. The van der Waals surface area contributed by atoms with Crippen LogP contribution in [0.5, 0.6) is 0 Å². The highest BCUT2D eigenvalue weighted by Crippen LogP contribution is 2.41. The summed E-state index contributed by atoms with van der Waals surface area (Å²) in [5, 5.41) is 18.1. The summed E-state index contributed by atoms with van der Waals surface area (Å²) >= 11 is 0. The fraction of sp³-hybridized carbons (Fsp3) is 0.440. The van der Waals surface area contributed by atoms with E-state index in [0.29, 0.717) is 17.9 Å². The number of nitrogens with zero attached hydrogens (tertiary/aromatic N) is 3. The summed E-state index contributed by atoms with van der Waals surface area (Å²) in [6.07, 6.45) is 15.6. The highest BCUT2D eigenvalue weighted by molar-refractivity contribution is 5.40. The number of benzene rings is 1. The zero-order valence-electron chi connectivity index (χ0n) is 16.7. The van der Waals surface area contributed by atoms with Crippen molar-refractivity contribution in [1.82, 2.24) is 4.90 Å². The van der Waals surface area contributed by atoms with Crippen LogP contribution in [-0.2, 0) is 0 Å². The van der Waals surface area contributed by atoms with Crippen LogP contribution in [0.15, 0.2) is 65.9 Å². The Balaban J connectivity index is 1.92. The van der Waals surface area contributed by atoms with Crippen LogP contribution in [0.3, 0.4) is 0 Å². The van der Waals surface area contributed by atoms with Gasteiger partial charge in [0, 0.05) is 18.5 Å². The molecule has 0 unspecified atom stereocenters. The first-order valence-corrected chi connectivity index (χ1v) is 10.4. The Morgan fingerprint density at radius 3 is 2.57 bits per heavy atom. The van der Waals surface area contributed by atoms with Gasteiger partial charge < -0.3 is 4.90 Å². The summed E-state index contributed by atoms with van der Waals surface area (Å²) in [6, 6.07) is 15.3. The van der Waals surface area contributed by atoms with Gasteiger partial charge in [0.1, 0.15) is 17.7 Å². The van der Waals surface area contributed by atoms with E-state index in [1.54, 1.807) is 6.08 Å². The van der Waals surface area contributed by atoms with Gasteiger partial charge in [-0.05, 0) is 62.8 Å². The van der Waals surface area contributed by atoms with Crippen LogP contribution in [0.25, 0.3) is 0 Å². The van der Waals surface area contributed by atoms with Crippen molar-refractivity contribution in [2.75, 3.05) is 6.54 Å². The topological polar surface area (TPSA) is 50.8 Å². The van der Waals surface area contributed by atoms with Gasteiger partial charge in [0.2, 0.25) is 0 Å². The molecule has 0 aromatic heterocycles. The molecule has 2 aliphatic rings. The predicted octanol–water partition coefficient (Wildman–Crippen LogP) is 5.86. The van der Waals surface area contributed by atoms with Crippen molar-refractivity contribution in [3.63, 3.8) is 0 Å². The molecule has 1 saturated heterocycles. The smallest absolute Gasteiger partial charge is 0.129 e. The molecular weight excluding hydrogens is 342 g/mol. The van der Waals surface area contributed by atoms with E-state index in [0.717, 1.165) is 19.4 Å². The average Bonchev–Trinajstić information content (AvgIpc) is 3.15. The summed E-state index contributed by atoms with van der Waals surface area (Å²) in [7, 11) is 0. The molecule has 1 saturated carbocycles. The Hall–Kier alpha value is -2.78. The molecule has 3 atom stereocenters. The van der Waals surface area contributed by atoms with Crippen molar-refractivity contribution >= 4 is 0 Å². The van der Waals surface area contributed by atoms with Gasteiger partial charge in [-0.2, -0.15) is 10.5 Å². The molecule has 1 aromatic carbocycles. The zero-order chi connectivity index (χ0) is 19.8. The third-order valence-electron chi connectivity index (χ3n) is 6.12. The molecule has 1 aliphatic carbocycles. The molecule has 0 radical (unpaired) electrons. The third-order valence-corrected chi connectivity index (χ3v) is 6.12. The lowest BCUT2D eigenvalue weighted by molar-refractivity contribution is 0.365. The second-order valence-corrected chi connectivity index (χ2v) is 7.90. The summed E-state index contributed by atoms with van der Waals surface area (Å²) in [6.45, 7) is 3.44. The van der Waals surface area contributed by atoms with Crippen LogP contribution in [0.2, 0.25) is 0 Å². The molecule has 28 heavy (non-hydrogen) atoms. The monoisotopic (exact) mass is 371 g/mol. The Kier molecular flexibility index (Phi) is 7.10. The van der Waals surface area contributed by atoms with Crippen LogP contribution in [0.1, 0.15) is 56.9 Å². The molecule has 3 nitrogen and oxygen atoms in total. The minimum absolute atomic E-state index is 0.175. The van der Waals surface area contributed by atoms with E-state index in [4.69, 9.17) is 10.5 Å². The van der Waals surface area contributed by atoms with Gasteiger partial charge >= 0.3 is 0 Å². The number of hydrogen-bond donors (Lipinski definition) is 0. The van der Waals surface area contributed by atoms with Gasteiger partial charge in [-0.1, -0.05) is 54.5 Å². The Morgan fingerprint density at radius 2 is 1.89 bits per heavy atom. The molecule has 3 rings (SSSR count). The van der Waals surface area contributed by atoms with Gasteiger partial charge in [-0.15, -0.1) is 0 Å². The molecule has 1 aromatic rings. The quantitative estimate of drug-likeness (QED) is 0.609. The van der Waals surface area contributed by atoms with E-state index in [9.17, 15) is 0 Å². The number of likely N-dealkylation sites (tertiary alicyclic amines) is 1. The molecule has 0 N–H and O–H groups in total.